The van der Waals surface area contributed by atoms with Gasteiger partial charge in [0.25, 0.3) is 0 Å². The molecule has 0 spiro atoms. The smallest absolute Gasteiger partial charge is 0.223 e. The van der Waals surface area contributed by atoms with Crippen molar-refractivity contribution in [2.45, 2.75) is 51.5 Å². The van der Waals surface area contributed by atoms with E-state index in [9.17, 15) is 18.0 Å². The van der Waals surface area contributed by atoms with Crippen LogP contribution in [0.3, 0.4) is 0 Å². The normalized spacial score (nSPS) is 24.8. The second kappa shape index (κ2) is 8.29. The molecule has 2 rings (SSSR count). The third-order valence-electron chi connectivity index (χ3n) is 4.95. The molecule has 2 amide bonds. The van der Waals surface area contributed by atoms with E-state index >= 15 is 0 Å². The van der Waals surface area contributed by atoms with Crippen LogP contribution in [0.5, 0.6) is 0 Å². The molecule has 8 heteroatoms. The van der Waals surface area contributed by atoms with Gasteiger partial charge in [-0.25, -0.2) is 13.1 Å². The van der Waals surface area contributed by atoms with Crippen molar-refractivity contribution in [1.29, 1.82) is 0 Å². The first-order valence-electron chi connectivity index (χ1n) is 8.83. The number of sulfonamides is 1. The summed E-state index contributed by atoms with van der Waals surface area (Å²) in [7, 11) is -3.26. The summed E-state index contributed by atoms with van der Waals surface area (Å²) >= 11 is 0. The Morgan fingerprint density at radius 1 is 1.33 bits per heavy atom. The molecule has 2 aliphatic heterocycles. The molecule has 0 aromatic heterocycles. The van der Waals surface area contributed by atoms with Crippen LogP contribution in [-0.2, 0) is 19.6 Å². The molecule has 0 radical (unpaired) electrons. The lowest BCUT2D eigenvalue weighted by atomic mass is 9.83. The fraction of sp³-hybridized carbons (Fsp3) is 0.875. The van der Waals surface area contributed by atoms with Crippen LogP contribution < -0.4 is 4.72 Å². The van der Waals surface area contributed by atoms with Gasteiger partial charge in [-0.05, 0) is 25.2 Å². The van der Waals surface area contributed by atoms with E-state index in [4.69, 9.17) is 0 Å². The lowest BCUT2D eigenvalue weighted by Gasteiger charge is -2.47. The van der Waals surface area contributed by atoms with Gasteiger partial charge < -0.3 is 9.80 Å². The van der Waals surface area contributed by atoms with Crippen molar-refractivity contribution in [3.63, 3.8) is 0 Å². The summed E-state index contributed by atoms with van der Waals surface area (Å²) in [6, 6.07) is 0.260. The summed E-state index contributed by atoms with van der Waals surface area (Å²) in [6.45, 7) is 4.41. The maximum absolute atomic E-state index is 12.3. The van der Waals surface area contributed by atoms with Gasteiger partial charge in [0.2, 0.25) is 21.8 Å². The Bertz CT molecular complexity index is 564. The third kappa shape index (κ3) is 5.17. The van der Waals surface area contributed by atoms with E-state index in [1.807, 2.05) is 9.80 Å². The van der Waals surface area contributed by atoms with Crippen molar-refractivity contribution in [2.24, 2.45) is 5.92 Å². The molecule has 0 aromatic rings. The lowest BCUT2D eigenvalue weighted by Crippen LogP contribution is -2.57. The molecule has 2 aliphatic rings. The number of carbonyl (C=O) groups excluding carboxylic acids is 2. The van der Waals surface area contributed by atoms with Crippen molar-refractivity contribution >= 4 is 21.8 Å². The SMILES string of the molecule is CCCCN1C(=O)CC[C@H]2CN(C(=O)CCNS(C)(=O)=O)CC[C@H]21. The molecule has 2 saturated heterocycles. The van der Waals surface area contributed by atoms with Gasteiger partial charge >= 0.3 is 0 Å². The van der Waals surface area contributed by atoms with Crippen LogP contribution in [0.2, 0.25) is 0 Å². The van der Waals surface area contributed by atoms with Gasteiger partial charge in [0, 0.05) is 45.1 Å². The standard InChI is InChI=1S/C16H29N3O4S/c1-3-4-10-19-14-8-11-18(12-13(14)5-6-16(19)21)15(20)7-9-17-24(2,22)23/h13-14,17H,3-12H2,1-2H3/t13-,14+/m0/s1. The predicted molar refractivity (Wildman–Crippen MR) is 91.8 cm³/mol. The minimum absolute atomic E-state index is 0.0124. The van der Waals surface area contributed by atoms with Crippen LogP contribution >= 0.6 is 0 Å². The molecular formula is C16H29N3O4S. The monoisotopic (exact) mass is 359 g/mol. The van der Waals surface area contributed by atoms with E-state index in [0.717, 1.165) is 38.5 Å². The number of nitrogens with one attached hydrogen (secondary N) is 1. The van der Waals surface area contributed by atoms with Crippen molar-refractivity contribution < 1.29 is 18.0 Å². The maximum Gasteiger partial charge on any atom is 0.223 e. The van der Waals surface area contributed by atoms with E-state index in [1.165, 1.54) is 0 Å². The van der Waals surface area contributed by atoms with Gasteiger partial charge in [-0.1, -0.05) is 13.3 Å². The number of unbranched alkanes of at least 4 members (excludes halogenated alkanes) is 1. The first kappa shape index (κ1) is 19.2. The number of hydrogen-bond acceptors (Lipinski definition) is 4. The first-order chi connectivity index (χ1) is 11.3. The van der Waals surface area contributed by atoms with E-state index < -0.39 is 10.0 Å². The maximum atomic E-state index is 12.3. The summed E-state index contributed by atoms with van der Waals surface area (Å²) in [4.78, 5) is 28.3. The third-order valence-corrected chi connectivity index (χ3v) is 5.68. The fourth-order valence-corrected chi connectivity index (χ4v) is 4.17. The molecule has 2 atom stereocenters. The number of fused-ring (bicyclic) bond motifs is 1. The molecule has 138 valence electrons. The van der Waals surface area contributed by atoms with Gasteiger partial charge in [-0.15, -0.1) is 0 Å². The second-order valence-electron chi connectivity index (χ2n) is 6.85. The highest BCUT2D eigenvalue weighted by Gasteiger charge is 2.39. The molecule has 7 nitrogen and oxygen atoms in total. The summed E-state index contributed by atoms with van der Waals surface area (Å²) in [5.74, 6) is 0.587. The number of piperidine rings is 2. The highest BCUT2D eigenvalue weighted by molar-refractivity contribution is 7.88. The van der Waals surface area contributed by atoms with E-state index in [2.05, 4.69) is 11.6 Å². The molecule has 0 saturated carbocycles. The minimum atomic E-state index is -3.26. The number of rotatable bonds is 7. The summed E-state index contributed by atoms with van der Waals surface area (Å²) in [5.41, 5.74) is 0. The van der Waals surface area contributed by atoms with Crippen LogP contribution in [0.25, 0.3) is 0 Å². The van der Waals surface area contributed by atoms with Crippen LogP contribution in [-0.4, -0.2) is 68.5 Å². The van der Waals surface area contributed by atoms with Gasteiger partial charge in [-0.2, -0.15) is 0 Å². The zero-order chi connectivity index (χ0) is 17.7. The Hall–Kier alpha value is -1.15. The van der Waals surface area contributed by atoms with Crippen molar-refractivity contribution in [3.05, 3.63) is 0 Å². The number of amides is 2. The Labute approximate surface area is 144 Å². The molecule has 1 N–H and O–H groups in total. The zero-order valence-electron chi connectivity index (χ0n) is 14.7. The highest BCUT2D eigenvalue weighted by Crippen LogP contribution is 2.31. The van der Waals surface area contributed by atoms with Gasteiger partial charge in [-0.3, -0.25) is 9.59 Å². The van der Waals surface area contributed by atoms with E-state index in [0.29, 0.717) is 25.4 Å². The zero-order valence-corrected chi connectivity index (χ0v) is 15.5. The molecule has 0 aliphatic carbocycles. The summed E-state index contributed by atoms with van der Waals surface area (Å²) in [6.07, 6.45) is 5.61. The average Bonchev–Trinajstić information content (AvgIpc) is 2.52. The summed E-state index contributed by atoms with van der Waals surface area (Å²) in [5, 5.41) is 0. The van der Waals surface area contributed by atoms with Crippen molar-refractivity contribution in [2.75, 3.05) is 32.4 Å². The summed E-state index contributed by atoms with van der Waals surface area (Å²) < 4.78 is 24.5. The molecule has 2 fully saturated rings. The number of nitrogens with zero attached hydrogens (tertiary/aromatic N) is 2. The highest BCUT2D eigenvalue weighted by atomic mass is 32.2. The van der Waals surface area contributed by atoms with E-state index in [-0.39, 0.29) is 30.8 Å². The van der Waals surface area contributed by atoms with Gasteiger partial charge in [0.15, 0.2) is 0 Å². The predicted octanol–water partition coefficient (Wildman–Crippen LogP) is 0.565. The van der Waals surface area contributed by atoms with Gasteiger partial charge in [0.05, 0.1) is 6.26 Å². The van der Waals surface area contributed by atoms with Crippen LogP contribution in [0.4, 0.5) is 0 Å². The first-order valence-corrected chi connectivity index (χ1v) is 10.7. The van der Waals surface area contributed by atoms with Crippen molar-refractivity contribution in [3.8, 4) is 0 Å². The van der Waals surface area contributed by atoms with Gasteiger partial charge in [0.1, 0.15) is 0 Å². The molecule has 2 heterocycles. The Morgan fingerprint density at radius 2 is 2.08 bits per heavy atom. The van der Waals surface area contributed by atoms with Crippen LogP contribution in [0, 0.1) is 5.92 Å². The Balaban J connectivity index is 1.87. The van der Waals surface area contributed by atoms with Crippen LogP contribution in [0.15, 0.2) is 0 Å². The molecular weight excluding hydrogens is 330 g/mol. The molecule has 0 bridgehead atoms. The largest absolute Gasteiger partial charge is 0.342 e. The number of likely N-dealkylation sites (tertiary alicyclic amines) is 2. The van der Waals surface area contributed by atoms with Crippen molar-refractivity contribution in [1.82, 2.24) is 14.5 Å². The van der Waals surface area contributed by atoms with Crippen LogP contribution in [0.1, 0.15) is 45.4 Å². The Kier molecular flexibility index (Phi) is 6.62. The average molecular weight is 359 g/mol. The molecule has 24 heavy (non-hydrogen) atoms. The fourth-order valence-electron chi connectivity index (χ4n) is 3.70. The topological polar surface area (TPSA) is 86.8 Å². The van der Waals surface area contributed by atoms with E-state index in [1.54, 1.807) is 0 Å². The minimum Gasteiger partial charge on any atom is -0.342 e. The molecule has 0 unspecified atom stereocenters. The lowest BCUT2D eigenvalue weighted by molar-refractivity contribution is -0.144. The molecule has 0 aromatic carbocycles. The number of hydrogen-bond donors (Lipinski definition) is 1. The Morgan fingerprint density at radius 3 is 2.75 bits per heavy atom. The quantitative estimate of drug-likeness (QED) is 0.720. The second-order valence-corrected chi connectivity index (χ2v) is 8.68. The number of carbonyl (C=O) groups is 2.